The lowest BCUT2D eigenvalue weighted by atomic mass is 10.0. The van der Waals surface area contributed by atoms with Gasteiger partial charge in [-0.1, -0.05) is 25.5 Å². The van der Waals surface area contributed by atoms with E-state index in [4.69, 9.17) is 5.73 Å². The van der Waals surface area contributed by atoms with Gasteiger partial charge in [0.25, 0.3) is 0 Å². The van der Waals surface area contributed by atoms with Crippen molar-refractivity contribution < 1.29 is 4.39 Å². The molecular formula is C10H13BrFN. The highest BCUT2D eigenvalue weighted by Gasteiger charge is 2.11. The molecule has 0 saturated carbocycles. The first kappa shape index (κ1) is 10.7. The summed E-state index contributed by atoms with van der Waals surface area (Å²) in [6.07, 6.45) is 1.88. The molecule has 1 nitrogen and oxygen atoms in total. The van der Waals surface area contributed by atoms with Gasteiger partial charge >= 0.3 is 0 Å². The lowest BCUT2D eigenvalue weighted by Gasteiger charge is -2.12. The number of nitrogens with two attached hydrogens (primary N) is 1. The Bertz CT molecular complexity index is 288. The summed E-state index contributed by atoms with van der Waals surface area (Å²) in [6, 6.07) is 4.89. The zero-order chi connectivity index (χ0) is 9.84. The Hall–Kier alpha value is -0.410. The van der Waals surface area contributed by atoms with Gasteiger partial charge in [0.15, 0.2) is 0 Å². The minimum atomic E-state index is -0.246. The fourth-order valence-corrected chi connectivity index (χ4v) is 1.83. The van der Waals surface area contributed by atoms with Crippen LogP contribution in [0, 0.1) is 5.82 Å². The van der Waals surface area contributed by atoms with Crippen LogP contribution in [-0.4, -0.2) is 0 Å². The highest BCUT2D eigenvalue weighted by atomic mass is 79.9. The fourth-order valence-electron chi connectivity index (χ4n) is 1.27. The number of halogens is 2. The van der Waals surface area contributed by atoms with Crippen molar-refractivity contribution in [2.75, 3.05) is 0 Å². The molecule has 1 atom stereocenters. The Morgan fingerprint density at radius 1 is 1.54 bits per heavy atom. The van der Waals surface area contributed by atoms with Crippen molar-refractivity contribution in [3.63, 3.8) is 0 Å². The molecule has 1 unspecified atom stereocenters. The summed E-state index contributed by atoms with van der Waals surface area (Å²) in [6.45, 7) is 2.06. The van der Waals surface area contributed by atoms with Gasteiger partial charge in [0, 0.05) is 6.04 Å². The average molecular weight is 246 g/mol. The van der Waals surface area contributed by atoms with Gasteiger partial charge in [-0.3, -0.25) is 0 Å². The molecule has 0 aliphatic heterocycles. The minimum absolute atomic E-state index is 0.0740. The molecule has 0 aliphatic carbocycles. The number of rotatable bonds is 3. The zero-order valence-electron chi connectivity index (χ0n) is 7.56. The van der Waals surface area contributed by atoms with Crippen LogP contribution in [0.3, 0.4) is 0 Å². The van der Waals surface area contributed by atoms with Gasteiger partial charge < -0.3 is 5.73 Å². The van der Waals surface area contributed by atoms with Crippen LogP contribution < -0.4 is 5.73 Å². The van der Waals surface area contributed by atoms with Crippen LogP contribution in [0.5, 0.6) is 0 Å². The van der Waals surface area contributed by atoms with Crippen LogP contribution in [0.25, 0.3) is 0 Å². The summed E-state index contributed by atoms with van der Waals surface area (Å²) in [5.41, 5.74) is 6.73. The Balaban J connectivity index is 2.93. The van der Waals surface area contributed by atoms with Crippen LogP contribution in [0.2, 0.25) is 0 Å². The van der Waals surface area contributed by atoms with Crippen LogP contribution in [-0.2, 0) is 0 Å². The van der Waals surface area contributed by atoms with E-state index in [0.29, 0.717) is 4.47 Å². The third-order valence-corrected chi connectivity index (χ3v) is 2.82. The van der Waals surface area contributed by atoms with Crippen LogP contribution in [0.4, 0.5) is 4.39 Å². The second kappa shape index (κ2) is 4.72. The zero-order valence-corrected chi connectivity index (χ0v) is 9.14. The smallest absolute Gasteiger partial charge is 0.137 e. The third kappa shape index (κ3) is 2.51. The molecule has 0 radical (unpaired) electrons. The molecule has 0 spiro atoms. The fraction of sp³-hybridized carbons (Fsp3) is 0.400. The Labute approximate surface area is 86.3 Å². The molecule has 1 aromatic rings. The van der Waals surface area contributed by atoms with E-state index >= 15 is 0 Å². The summed E-state index contributed by atoms with van der Waals surface area (Å²) < 4.78 is 13.6. The van der Waals surface area contributed by atoms with Crippen molar-refractivity contribution in [1.82, 2.24) is 0 Å². The van der Waals surface area contributed by atoms with E-state index in [1.165, 1.54) is 6.07 Å². The first-order valence-corrected chi connectivity index (χ1v) is 5.15. The van der Waals surface area contributed by atoms with Gasteiger partial charge in [-0.05, 0) is 34.0 Å². The predicted molar refractivity (Wildman–Crippen MR) is 55.9 cm³/mol. The summed E-state index contributed by atoms with van der Waals surface area (Å²) in [7, 11) is 0. The molecule has 0 heterocycles. The molecule has 1 rings (SSSR count). The standard InChI is InChI=1S/C10H13BrFN/c1-2-4-9(13)7-5-3-6-8(12)10(7)11/h3,5-6,9H,2,4,13H2,1H3. The highest BCUT2D eigenvalue weighted by Crippen LogP contribution is 2.26. The molecule has 1 aromatic carbocycles. The lowest BCUT2D eigenvalue weighted by Crippen LogP contribution is -2.10. The van der Waals surface area contributed by atoms with E-state index in [1.54, 1.807) is 6.07 Å². The van der Waals surface area contributed by atoms with Gasteiger partial charge in [-0.2, -0.15) is 0 Å². The summed E-state index contributed by atoms with van der Waals surface area (Å²) >= 11 is 3.20. The van der Waals surface area contributed by atoms with E-state index in [2.05, 4.69) is 22.9 Å². The van der Waals surface area contributed by atoms with Crippen molar-refractivity contribution >= 4 is 15.9 Å². The lowest BCUT2D eigenvalue weighted by molar-refractivity contribution is 0.597. The molecule has 2 N–H and O–H groups in total. The number of hydrogen-bond acceptors (Lipinski definition) is 1. The van der Waals surface area contributed by atoms with Crippen molar-refractivity contribution in [1.29, 1.82) is 0 Å². The Kier molecular flexibility index (Phi) is 3.88. The van der Waals surface area contributed by atoms with Gasteiger partial charge in [0.1, 0.15) is 5.82 Å². The number of benzene rings is 1. The number of hydrogen-bond donors (Lipinski definition) is 1. The minimum Gasteiger partial charge on any atom is -0.324 e. The second-order valence-electron chi connectivity index (χ2n) is 3.04. The van der Waals surface area contributed by atoms with Crippen molar-refractivity contribution in [2.45, 2.75) is 25.8 Å². The Morgan fingerprint density at radius 2 is 2.23 bits per heavy atom. The highest BCUT2D eigenvalue weighted by molar-refractivity contribution is 9.10. The van der Waals surface area contributed by atoms with Gasteiger partial charge in [-0.15, -0.1) is 0 Å². The summed E-state index contributed by atoms with van der Waals surface area (Å²) in [4.78, 5) is 0. The van der Waals surface area contributed by atoms with Gasteiger partial charge in [0.05, 0.1) is 4.47 Å². The molecule has 72 valence electrons. The van der Waals surface area contributed by atoms with E-state index in [-0.39, 0.29) is 11.9 Å². The molecule has 13 heavy (non-hydrogen) atoms. The van der Waals surface area contributed by atoms with Gasteiger partial charge in [0.2, 0.25) is 0 Å². The van der Waals surface area contributed by atoms with Crippen molar-refractivity contribution in [3.8, 4) is 0 Å². The largest absolute Gasteiger partial charge is 0.324 e. The molecule has 0 saturated heterocycles. The third-order valence-electron chi connectivity index (χ3n) is 1.98. The van der Waals surface area contributed by atoms with E-state index in [0.717, 1.165) is 18.4 Å². The quantitative estimate of drug-likeness (QED) is 0.869. The second-order valence-corrected chi connectivity index (χ2v) is 3.83. The monoisotopic (exact) mass is 245 g/mol. The van der Waals surface area contributed by atoms with E-state index in [1.807, 2.05) is 6.07 Å². The van der Waals surface area contributed by atoms with E-state index < -0.39 is 0 Å². The average Bonchev–Trinajstić information content (AvgIpc) is 2.10. The molecule has 0 bridgehead atoms. The maximum Gasteiger partial charge on any atom is 0.137 e. The maximum absolute atomic E-state index is 13.1. The van der Waals surface area contributed by atoms with Crippen LogP contribution in [0.15, 0.2) is 22.7 Å². The van der Waals surface area contributed by atoms with Gasteiger partial charge in [-0.25, -0.2) is 4.39 Å². The first-order valence-electron chi connectivity index (χ1n) is 4.36. The topological polar surface area (TPSA) is 26.0 Å². The molecule has 0 aromatic heterocycles. The summed E-state index contributed by atoms with van der Waals surface area (Å²) in [5.74, 6) is -0.246. The first-order chi connectivity index (χ1) is 6.16. The van der Waals surface area contributed by atoms with Crippen molar-refractivity contribution in [2.24, 2.45) is 5.73 Å². The molecule has 0 fully saturated rings. The van der Waals surface area contributed by atoms with Crippen LogP contribution >= 0.6 is 15.9 Å². The molecule has 3 heteroatoms. The maximum atomic E-state index is 13.1. The van der Waals surface area contributed by atoms with Crippen molar-refractivity contribution in [3.05, 3.63) is 34.1 Å². The molecular weight excluding hydrogens is 233 g/mol. The molecule has 0 amide bonds. The normalized spacial score (nSPS) is 12.9. The van der Waals surface area contributed by atoms with Crippen LogP contribution in [0.1, 0.15) is 31.4 Å². The predicted octanol–water partition coefficient (Wildman–Crippen LogP) is 3.39. The Morgan fingerprint density at radius 3 is 2.85 bits per heavy atom. The summed E-state index contributed by atoms with van der Waals surface area (Å²) in [5, 5.41) is 0. The SMILES string of the molecule is CCCC(N)c1cccc(F)c1Br. The molecule has 0 aliphatic rings. The van der Waals surface area contributed by atoms with E-state index in [9.17, 15) is 4.39 Å².